The van der Waals surface area contributed by atoms with Crippen molar-refractivity contribution in [3.8, 4) is 0 Å². The minimum absolute atomic E-state index is 0.00999. The quantitative estimate of drug-likeness (QED) is 0.570. The van der Waals surface area contributed by atoms with Gasteiger partial charge in [0.05, 0.1) is 17.1 Å². The molecule has 0 saturated carbocycles. The third-order valence-corrected chi connectivity index (χ3v) is 2.43. The standard InChI is InChI=1S/C11H18N4O3/c1-8(4-5-18-3)13-11-7-9(15(16)17)6-10(12-2)14-11/h6-8H,4-5H2,1-3H3,(H2,12,13,14). The fourth-order valence-electron chi connectivity index (χ4n) is 1.44. The predicted octanol–water partition coefficient (Wildman–Crippen LogP) is 1.87. The summed E-state index contributed by atoms with van der Waals surface area (Å²) in [6, 6.07) is 2.94. The van der Waals surface area contributed by atoms with Crippen LogP contribution in [-0.4, -0.2) is 36.7 Å². The van der Waals surface area contributed by atoms with E-state index in [1.165, 1.54) is 12.1 Å². The first-order chi connectivity index (χ1) is 8.56. The van der Waals surface area contributed by atoms with E-state index >= 15 is 0 Å². The van der Waals surface area contributed by atoms with Gasteiger partial charge in [0.15, 0.2) is 0 Å². The van der Waals surface area contributed by atoms with Crippen LogP contribution in [0.1, 0.15) is 13.3 Å². The number of hydrogen-bond acceptors (Lipinski definition) is 6. The number of nitrogens with zero attached hydrogens (tertiary/aromatic N) is 2. The molecule has 0 saturated heterocycles. The number of hydrogen-bond donors (Lipinski definition) is 2. The van der Waals surface area contributed by atoms with Crippen molar-refractivity contribution in [2.45, 2.75) is 19.4 Å². The summed E-state index contributed by atoms with van der Waals surface area (Å²) < 4.78 is 4.98. The van der Waals surface area contributed by atoms with E-state index < -0.39 is 4.92 Å². The average Bonchev–Trinajstić information content (AvgIpc) is 2.35. The average molecular weight is 254 g/mol. The Labute approximate surface area is 106 Å². The van der Waals surface area contributed by atoms with E-state index in [2.05, 4.69) is 15.6 Å². The molecule has 1 unspecified atom stereocenters. The molecule has 0 amide bonds. The molecule has 1 atom stereocenters. The summed E-state index contributed by atoms with van der Waals surface area (Å²) in [6.07, 6.45) is 0.801. The molecular weight excluding hydrogens is 236 g/mol. The van der Waals surface area contributed by atoms with E-state index in [-0.39, 0.29) is 11.7 Å². The van der Waals surface area contributed by atoms with Crippen LogP contribution >= 0.6 is 0 Å². The molecule has 1 aromatic heterocycles. The van der Waals surface area contributed by atoms with Crippen LogP contribution in [0.4, 0.5) is 17.3 Å². The van der Waals surface area contributed by atoms with Gasteiger partial charge in [0, 0.05) is 26.8 Å². The maximum absolute atomic E-state index is 10.8. The van der Waals surface area contributed by atoms with E-state index in [1.807, 2.05) is 6.92 Å². The number of nitrogens with one attached hydrogen (secondary N) is 2. The van der Waals surface area contributed by atoms with Crippen LogP contribution in [-0.2, 0) is 4.74 Å². The Kier molecular flexibility index (Phi) is 5.31. The molecule has 1 rings (SSSR count). The number of anilines is 2. The lowest BCUT2D eigenvalue weighted by Gasteiger charge is -2.14. The zero-order valence-electron chi connectivity index (χ0n) is 10.8. The topological polar surface area (TPSA) is 89.3 Å². The van der Waals surface area contributed by atoms with Gasteiger partial charge in [-0.15, -0.1) is 0 Å². The molecule has 1 heterocycles. The molecule has 0 aliphatic rings. The second-order valence-electron chi connectivity index (χ2n) is 3.93. The maximum atomic E-state index is 10.8. The number of rotatable bonds is 7. The van der Waals surface area contributed by atoms with Crippen LogP contribution < -0.4 is 10.6 Å². The number of pyridine rings is 1. The molecule has 7 heteroatoms. The molecule has 0 aliphatic carbocycles. The number of ether oxygens (including phenoxy) is 1. The lowest BCUT2D eigenvalue weighted by molar-refractivity contribution is -0.384. The summed E-state index contributed by atoms with van der Waals surface area (Å²) in [4.78, 5) is 14.6. The van der Waals surface area contributed by atoms with Crippen LogP contribution in [0.5, 0.6) is 0 Å². The molecule has 0 fully saturated rings. The third-order valence-electron chi connectivity index (χ3n) is 2.43. The van der Waals surface area contributed by atoms with Gasteiger partial charge in [-0.05, 0) is 13.3 Å². The third kappa shape index (κ3) is 4.17. The highest BCUT2D eigenvalue weighted by Crippen LogP contribution is 2.21. The van der Waals surface area contributed by atoms with Crippen molar-refractivity contribution in [3.63, 3.8) is 0 Å². The Balaban J connectivity index is 2.81. The predicted molar refractivity (Wildman–Crippen MR) is 70.0 cm³/mol. The van der Waals surface area contributed by atoms with Crippen molar-refractivity contribution in [2.75, 3.05) is 31.4 Å². The zero-order chi connectivity index (χ0) is 13.5. The molecule has 0 bridgehead atoms. The highest BCUT2D eigenvalue weighted by Gasteiger charge is 2.12. The lowest BCUT2D eigenvalue weighted by atomic mass is 10.2. The molecule has 0 aromatic carbocycles. The number of aromatic nitrogens is 1. The molecule has 100 valence electrons. The molecule has 0 spiro atoms. The second-order valence-corrected chi connectivity index (χ2v) is 3.93. The molecule has 2 N–H and O–H groups in total. The van der Waals surface area contributed by atoms with Crippen LogP contribution in [0, 0.1) is 10.1 Å². The van der Waals surface area contributed by atoms with Crippen molar-refractivity contribution >= 4 is 17.3 Å². The van der Waals surface area contributed by atoms with Crippen molar-refractivity contribution in [3.05, 3.63) is 22.2 Å². The Morgan fingerprint density at radius 2 is 2.17 bits per heavy atom. The van der Waals surface area contributed by atoms with E-state index in [9.17, 15) is 10.1 Å². The van der Waals surface area contributed by atoms with Gasteiger partial charge in [0.1, 0.15) is 11.6 Å². The van der Waals surface area contributed by atoms with Crippen LogP contribution in [0.15, 0.2) is 12.1 Å². The molecule has 1 aromatic rings. The van der Waals surface area contributed by atoms with Gasteiger partial charge in [0.2, 0.25) is 0 Å². The minimum atomic E-state index is -0.437. The van der Waals surface area contributed by atoms with Crippen molar-refractivity contribution in [1.29, 1.82) is 0 Å². The fourth-order valence-corrected chi connectivity index (χ4v) is 1.44. The van der Waals surface area contributed by atoms with Gasteiger partial charge >= 0.3 is 0 Å². The summed E-state index contributed by atoms with van der Waals surface area (Å²) in [5, 5.41) is 16.7. The van der Waals surface area contributed by atoms with Gasteiger partial charge in [-0.1, -0.05) is 0 Å². The normalized spacial score (nSPS) is 11.9. The van der Waals surface area contributed by atoms with Gasteiger partial charge in [0.25, 0.3) is 5.69 Å². The largest absolute Gasteiger partial charge is 0.385 e. The Morgan fingerprint density at radius 3 is 2.72 bits per heavy atom. The molecule has 0 radical (unpaired) electrons. The highest BCUT2D eigenvalue weighted by atomic mass is 16.6. The Bertz CT molecular complexity index is 411. The Morgan fingerprint density at radius 1 is 1.50 bits per heavy atom. The van der Waals surface area contributed by atoms with Crippen molar-refractivity contribution in [2.24, 2.45) is 0 Å². The first-order valence-electron chi connectivity index (χ1n) is 5.66. The van der Waals surface area contributed by atoms with Crippen molar-refractivity contribution in [1.82, 2.24) is 4.98 Å². The second kappa shape index (κ2) is 6.75. The van der Waals surface area contributed by atoms with Gasteiger partial charge < -0.3 is 15.4 Å². The van der Waals surface area contributed by atoms with Crippen LogP contribution in [0.25, 0.3) is 0 Å². The first-order valence-corrected chi connectivity index (χ1v) is 5.66. The smallest absolute Gasteiger partial charge is 0.276 e. The summed E-state index contributed by atoms with van der Waals surface area (Å²) in [7, 11) is 3.31. The van der Waals surface area contributed by atoms with Gasteiger partial charge in [-0.3, -0.25) is 10.1 Å². The molecule has 0 aliphatic heterocycles. The van der Waals surface area contributed by atoms with Crippen LogP contribution in [0.2, 0.25) is 0 Å². The zero-order valence-corrected chi connectivity index (χ0v) is 10.8. The number of nitro groups is 1. The number of methoxy groups -OCH3 is 1. The van der Waals surface area contributed by atoms with Crippen LogP contribution in [0.3, 0.4) is 0 Å². The summed E-state index contributed by atoms with van der Waals surface area (Å²) in [5.74, 6) is 0.947. The van der Waals surface area contributed by atoms with E-state index in [4.69, 9.17) is 4.74 Å². The SMILES string of the molecule is CNc1cc([N+](=O)[O-])cc(NC(C)CCOC)n1. The van der Waals surface area contributed by atoms with Gasteiger partial charge in [-0.2, -0.15) is 0 Å². The summed E-state index contributed by atoms with van der Waals surface area (Å²) in [5.41, 5.74) is 0.00999. The monoisotopic (exact) mass is 254 g/mol. The summed E-state index contributed by atoms with van der Waals surface area (Å²) in [6.45, 7) is 2.60. The first kappa shape index (κ1) is 14.2. The molecule has 7 nitrogen and oxygen atoms in total. The fraction of sp³-hybridized carbons (Fsp3) is 0.545. The molecule has 18 heavy (non-hydrogen) atoms. The maximum Gasteiger partial charge on any atom is 0.276 e. The van der Waals surface area contributed by atoms with E-state index in [1.54, 1.807) is 14.2 Å². The minimum Gasteiger partial charge on any atom is -0.385 e. The van der Waals surface area contributed by atoms with E-state index in [0.29, 0.717) is 18.2 Å². The summed E-state index contributed by atoms with van der Waals surface area (Å²) >= 11 is 0. The Hall–Kier alpha value is -1.89. The lowest BCUT2D eigenvalue weighted by Crippen LogP contribution is -2.18. The van der Waals surface area contributed by atoms with E-state index in [0.717, 1.165) is 6.42 Å². The van der Waals surface area contributed by atoms with Gasteiger partial charge in [-0.25, -0.2) is 4.98 Å². The molecular formula is C11H18N4O3. The highest BCUT2D eigenvalue weighted by molar-refractivity contribution is 5.54. The van der Waals surface area contributed by atoms with Crippen molar-refractivity contribution < 1.29 is 9.66 Å².